The van der Waals surface area contributed by atoms with Crippen molar-refractivity contribution < 1.29 is 42.5 Å². The normalized spacial score (nSPS) is 13.9. The Kier molecular flexibility index (Phi) is 14.7. The Morgan fingerprint density at radius 1 is 0.596 bits per heavy atom. The van der Waals surface area contributed by atoms with Crippen LogP contribution in [0.5, 0.6) is 0 Å². The van der Waals surface area contributed by atoms with Gasteiger partial charge in [-0.2, -0.15) is 0 Å². The molecule has 6 rings (SSSR count). The quantitative estimate of drug-likeness (QED) is 0.163. The van der Waals surface area contributed by atoms with Crippen LogP contribution < -0.4 is 13.3 Å². The third-order valence-electron chi connectivity index (χ3n) is 8.15. The zero-order valence-electron chi connectivity index (χ0n) is 24.9. The van der Waals surface area contributed by atoms with Crippen molar-refractivity contribution >= 4 is 113 Å². The van der Waals surface area contributed by atoms with Crippen molar-refractivity contribution in [1.29, 1.82) is 0 Å². The van der Waals surface area contributed by atoms with E-state index in [4.69, 9.17) is 9.47 Å². The molecular formula is C34H28Br4I3O6-. The second-order valence-electron chi connectivity index (χ2n) is 10.9. The molecule has 13 heteroatoms. The van der Waals surface area contributed by atoms with Crippen LogP contribution >= 0.6 is 101 Å². The molecule has 2 aliphatic carbocycles. The fourth-order valence-corrected chi connectivity index (χ4v) is 7.52. The molecule has 0 unspecified atom stereocenters. The van der Waals surface area contributed by atoms with Crippen LogP contribution in [-0.2, 0) is 29.9 Å². The summed E-state index contributed by atoms with van der Waals surface area (Å²) in [6.07, 6.45) is 0. The minimum Gasteiger partial charge on any atom is -0.395 e. The summed E-state index contributed by atoms with van der Waals surface area (Å²) < 4.78 is 14.5. The number of ether oxygens (including phenoxy) is 2. The third-order valence-corrected chi connectivity index (χ3v) is 10.1. The molecular weight excluding hydrogens is 1200 g/mol. The van der Waals surface area contributed by atoms with Gasteiger partial charge >= 0.3 is 62.4 Å². The Morgan fingerprint density at radius 3 is 1.09 bits per heavy atom. The summed E-state index contributed by atoms with van der Waals surface area (Å²) in [6.45, 7) is 2.72. The average Bonchev–Trinajstić information content (AvgIpc) is 3.45. The Bertz CT molecular complexity index is 1670. The van der Waals surface area contributed by atoms with Gasteiger partial charge in [0.1, 0.15) is 13.2 Å². The van der Waals surface area contributed by atoms with Crippen molar-refractivity contribution in [2.45, 2.75) is 24.7 Å². The van der Waals surface area contributed by atoms with Crippen LogP contribution in [0, 0.1) is 0 Å². The van der Waals surface area contributed by atoms with E-state index in [2.05, 4.69) is 101 Å². The maximum atomic E-state index is 11.5. The summed E-state index contributed by atoms with van der Waals surface area (Å²) in [4.78, 5) is 23.0. The second-order valence-corrected chi connectivity index (χ2v) is 30.8. The van der Waals surface area contributed by atoms with Gasteiger partial charge in [-0.05, 0) is 93.0 Å². The van der Waals surface area contributed by atoms with Crippen LogP contribution in [0.25, 0.3) is 22.3 Å². The number of hydrogen-bond acceptors (Lipinski definition) is 6. The SMILES string of the molecule is CC(=O)OCC1(COC(C)=O)c2cc(Br)ccc2-c2ccc(Br)cc21.I[I-]I.OCC1(CO)c2cc(Br)ccc2-c2ccc(Br)cc21. The number of carbonyl (C=O) groups is 2. The molecule has 0 saturated carbocycles. The molecule has 0 aliphatic heterocycles. The zero-order valence-corrected chi connectivity index (χ0v) is 37.7. The minimum atomic E-state index is -0.741. The van der Waals surface area contributed by atoms with Gasteiger partial charge in [0.2, 0.25) is 0 Å². The molecule has 2 N–H and O–H groups in total. The van der Waals surface area contributed by atoms with Gasteiger partial charge in [-0.3, -0.25) is 9.59 Å². The Balaban J connectivity index is 0.000000202. The summed E-state index contributed by atoms with van der Waals surface area (Å²) in [7, 11) is 0. The average molecular weight is 1230 g/mol. The van der Waals surface area contributed by atoms with E-state index in [1.165, 1.54) is 13.8 Å². The van der Waals surface area contributed by atoms with Gasteiger partial charge in [0.05, 0.1) is 24.0 Å². The van der Waals surface area contributed by atoms with Crippen LogP contribution in [0.1, 0.15) is 36.1 Å². The molecule has 2 aliphatic rings. The molecule has 0 bridgehead atoms. The number of aliphatic hydroxyl groups excluding tert-OH is 2. The smallest absolute Gasteiger partial charge is 0.0676 e. The van der Waals surface area contributed by atoms with Gasteiger partial charge in [-0.15, -0.1) is 0 Å². The molecule has 0 saturated heterocycles. The number of hydrogen-bond donors (Lipinski definition) is 2. The van der Waals surface area contributed by atoms with Gasteiger partial charge in [0.25, 0.3) is 0 Å². The molecule has 0 radical (unpaired) electrons. The number of rotatable bonds is 6. The molecule has 250 valence electrons. The van der Waals surface area contributed by atoms with Gasteiger partial charge in [-0.25, -0.2) is 0 Å². The molecule has 0 spiro atoms. The first-order valence-corrected chi connectivity index (χ1v) is 29.7. The predicted molar refractivity (Wildman–Crippen MR) is 212 cm³/mol. The first-order valence-electron chi connectivity index (χ1n) is 13.9. The summed E-state index contributed by atoms with van der Waals surface area (Å²) in [5, 5.41) is 19.8. The number of carbonyl (C=O) groups excluding carboxylic acids is 2. The molecule has 0 atom stereocenters. The minimum absolute atomic E-state index is 0.0997. The van der Waals surface area contributed by atoms with E-state index in [0.717, 1.165) is 62.4 Å². The van der Waals surface area contributed by atoms with Crippen molar-refractivity contribution in [3.05, 3.63) is 113 Å². The topological polar surface area (TPSA) is 93.1 Å². The van der Waals surface area contributed by atoms with E-state index in [1.807, 2.05) is 72.8 Å². The number of esters is 2. The molecule has 0 fully saturated rings. The van der Waals surface area contributed by atoms with Crippen LogP contribution in [0.3, 0.4) is 0 Å². The number of benzene rings is 4. The predicted octanol–water partition coefficient (Wildman–Crippen LogP) is 6.84. The molecule has 4 aromatic rings. The first-order chi connectivity index (χ1) is 22.4. The molecule has 6 nitrogen and oxygen atoms in total. The standard InChI is InChI=1S/C19H16Br2O4.C15H12Br2O2.I3/c1-11(22)24-9-19(10-25-12(2)23)17-7-13(20)3-5-15(17)16-6-4-14(21)8-18(16)19;16-9-1-3-11-12-4-2-10(17)6-14(12)15(7-18,8-19)13(11)5-9;1-3-2/h3-8H,9-10H2,1-2H3;1-6,18-19H,7-8H2;/q;;-1. The van der Waals surface area contributed by atoms with Crippen molar-refractivity contribution in [3.63, 3.8) is 0 Å². The number of aliphatic hydroxyl groups is 2. The summed E-state index contributed by atoms with van der Waals surface area (Å²) in [5.41, 5.74) is 6.67. The summed E-state index contributed by atoms with van der Waals surface area (Å²) in [5.74, 6) is -0.746. The number of halogens is 7. The van der Waals surface area contributed by atoms with E-state index < -0.39 is 10.8 Å². The fraction of sp³-hybridized carbons (Fsp3) is 0.235. The van der Waals surface area contributed by atoms with Crippen molar-refractivity contribution in [3.8, 4) is 22.3 Å². The Hall–Kier alpha value is -0.150. The van der Waals surface area contributed by atoms with Crippen LogP contribution in [-0.4, -0.2) is 48.6 Å². The van der Waals surface area contributed by atoms with E-state index >= 15 is 0 Å². The zero-order chi connectivity index (χ0) is 34.5. The van der Waals surface area contributed by atoms with E-state index in [0.29, 0.717) is 13.3 Å². The van der Waals surface area contributed by atoms with Crippen LogP contribution in [0.4, 0.5) is 0 Å². The molecule has 0 heterocycles. The van der Waals surface area contributed by atoms with Crippen molar-refractivity contribution in [2.24, 2.45) is 0 Å². The maximum Gasteiger partial charge on any atom is 0.0676 e. The fourth-order valence-electron chi connectivity index (χ4n) is 6.07. The Labute approximate surface area is 337 Å². The molecule has 0 aromatic heterocycles. The summed E-state index contributed by atoms with van der Waals surface area (Å²) >= 11 is 19.2. The van der Waals surface area contributed by atoms with E-state index in [1.54, 1.807) is 0 Å². The number of fused-ring (bicyclic) bond motifs is 6. The van der Waals surface area contributed by atoms with Crippen molar-refractivity contribution in [1.82, 2.24) is 0 Å². The van der Waals surface area contributed by atoms with Crippen molar-refractivity contribution in [2.75, 3.05) is 26.4 Å². The molecule has 47 heavy (non-hydrogen) atoms. The molecule has 0 amide bonds. The van der Waals surface area contributed by atoms with Gasteiger partial charge < -0.3 is 19.7 Å². The van der Waals surface area contributed by atoms with Gasteiger partial charge in [0.15, 0.2) is 0 Å². The van der Waals surface area contributed by atoms with Crippen LogP contribution in [0.15, 0.2) is 90.7 Å². The summed E-state index contributed by atoms with van der Waals surface area (Å²) in [6, 6.07) is 24.0. The first kappa shape index (κ1) is 39.6. The molecule has 4 aromatic carbocycles. The second kappa shape index (κ2) is 17.4. The monoisotopic (exact) mass is 1230 g/mol. The van der Waals surface area contributed by atoms with Gasteiger partial charge in [-0.1, -0.05) is 88.0 Å². The largest absolute Gasteiger partial charge is 0.395 e. The maximum absolute atomic E-state index is 11.5. The third kappa shape index (κ3) is 8.50. The van der Waals surface area contributed by atoms with Gasteiger partial charge in [0, 0.05) is 31.7 Å². The van der Waals surface area contributed by atoms with E-state index in [9.17, 15) is 19.8 Å². The Morgan fingerprint density at radius 2 is 0.851 bits per heavy atom. The van der Waals surface area contributed by atoms with E-state index in [-0.39, 0.29) is 38.4 Å². The van der Waals surface area contributed by atoms with Crippen LogP contribution in [0.2, 0.25) is 0 Å².